The zero-order chi connectivity index (χ0) is 21.6. The van der Waals surface area contributed by atoms with Crippen LogP contribution in [0.5, 0.6) is 0 Å². The Balaban J connectivity index is 1.96. The number of carbonyl (C=O) groups excluding carboxylic acids is 1. The second-order valence-corrected chi connectivity index (χ2v) is 8.80. The molecule has 1 unspecified atom stereocenters. The number of benzene rings is 1. The predicted molar refractivity (Wildman–Crippen MR) is 129 cm³/mol. The molecule has 0 saturated heterocycles. The standard InChI is InChI=1S/C28H41NO/c1-4-6-7-8-9-10-16-24-20-21-29-27(22-24)25-17-12-13-18-26(25)28(30)19-14-11-15-23(3)5-2/h12-13,17-18,20-23H,4-11,14-16,19H2,1-3H3. The van der Waals surface area contributed by atoms with Gasteiger partial charge in [0.25, 0.3) is 0 Å². The third kappa shape index (κ3) is 8.42. The molecule has 1 heterocycles. The summed E-state index contributed by atoms with van der Waals surface area (Å²) < 4.78 is 0. The number of aromatic nitrogens is 1. The summed E-state index contributed by atoms with van der Waals surface area (Å²) in [6.07, 6.45) is 16.0. The lowest BCUT2D eigenvalue weighted by atomic mass is 9.95. The third-order valence-corrected chi connectivity index (χ3v) is 6.19. The van der Waals surface area contributed by atoms with E-state index >= 15 is 0 Å². The van der Waals surface area contributed by atoms with Crippen LogP contribution >= 0.6 is 0 Å². The summed E-state index contributed by atoms with van der Waals surface area (Å²) in [7, 11) is 0. The molecule has 30 heavy (non-hydrogen) atoms. The molecule has 0 aliphatic carbocycles. The van der Waals surface area contributed by atoms with Gasteiger partial charge in [-0.2, -0.15) is 0 Å². The van der Waals surface area contributed by atoms with Crippen molar-refractivity contribution in [2.45, 2.75) is 97.8 Å². The van der Waals surface area contributed by atoms with E-state index in [-0.39, 0.29) is 5.78 Å². The lowest BCUT2D eigenvalue weighted by molar-refractivity contribution is 0.0979. The Bertz CT molecular complexity index is 752. The van der Waals surface area contributed by atoms with Crippen LogP contribution in [0.25, 0.3) is 11.3 Å². The van der Waals surface area contributed by atoms with E-state index in [0.29, 0.717) is 6.42 Å². The van der Waals surface area contributed by atoms with Crippen LogP contribution in [0, 0.1) is 5.92 Å². The van der Waals surface area contributed by atoms with Crippen LogP contribution in [0.3, 0.4) is 0 Å². The predicted octanol–water partition coefficient (Wildman–Crippen LogP) is 8.44. The van der Waals surface area contributed by atoms with Crippen LogP contribution in [0.2, 0.25) is 0 Å². The molecule has 0 saturated carbocycles. The minimum absolute atomic E-state index is 0.248. The molecule has 2 rings (SSSR count). The number of Topliss-reactive ketones (excluding diaryl/α,β-unsaturated/α-hetero) is 1. The van der Waals surface area contributed by atoms with Gasteiger partial charge in [0.05, 0.1) is 5.69 Å². The van der Waals surface area contributed by atoms with Crippen LogP contribution in [0.15, 0.2) is 42.6 Å². The van der Waals surface area contributed by atoms with Gasteiger partial charge in [-0.1, -0.05) is 96.4 Å². The molecular weight excluding hydrogens is 366 g/mol. The van der Waals surface area contributed by atoms with Gasteiger partial charge in [-0.05, 0) is 42.9 Å². The van der Waals surface area contributed by atoms with E-state index in [1.54, 1.807) is 0 Å². The fourth-order valence-electron chi connectivity index (χ4n) is 3.95. The summed E-state index contributed by atoms with van der Waals surface area (Å²) in [5.74, 6) is 1.00. The van der Waals surface area contributed by atoms with Crippen LogP contribution in [-0.2, 0) is 6.42 Å². The number of carbonyl (C=O) groups is 1. The number of rotatable bonds is 15. The van der Waals surface area contributed by atoms with Crippen molar-refractivity contribution in [1.29, 1.82) is 0 Å². The van der Waals surface area contributed by atoms with Crippen molar-refractivity contribution in [2.24, 2.45) is 5.92 Å². The number of hydrogen-bond donors (Lipinski definition) is 0. The number of hydrogen-bond acceptors (Lipinski definition) is 2. The molecule has 0 fully saturated rings. The molecule has 0 aliphatic heterocycles. The molecule has 0 amide bonds. The Labute approximate surface area is 184 Å². The van der Waals surface area contributed by atoms with Crippen LogP contribution in [0.4, 0.5) is 0 Å². The summed E-state index contributed by atoms with van der Waals surface area (Å²) in [4.78, 5) is 17.5. The van der Waals surface area contributed by atoms with Crippen LogP contribution in [-0.4, -0.2) is 10.8 Å². The summed E-state index contributed by atoms with van der Waals surface area (Å²) in [5.41, 5.74) is 4.06. The Morgan fingerprint density at radius 2 is 1.70 bits per heavy atom. The van der Waals surface area contributed by atoms with Crippen molar-refractivity contribution < 1.29 is 4.79 Å². The quantitative estimate of drug-likeness (QED) is 0.219. The van der Waals surface area contributed by atoms with Crippen molar-refractivity contribution >= 4 is 5.78 Å². The molecule has 1 aromatic heterocycles. The minimum Gasteiger partial charge on any atom is -0.294 e. The van der Waals surface area contributed by atoms with Gasteiger partial charge in [0.15, 0.2) is 5.78 Å². The van der Waals surface area contributed by atoms with Crippen molar-refractivity contribution in [3.05, 3.63) is 53.7 Å². The molecule has 0 radical (unpaired) electrons. The van der Waals surface area contributed by atoms with Gasteiger partial charge in [0.2, 0.25) is 0 Å². The van der Waals surface area contributed by atoms with E-state index in [9.17, 15) is 4.79 Å². The number of unbranched alkanes of at least 4 members (excludes halogenated alkanes) is 6. The molecule has 2 heteroatoms. The highest BCUT2D eigenvalue weighted by Gasteiger charge is 2.13. The van der Waals surface area contributed by atoms with E-state index in [4.69, 9.17) is 0 Å². The van der Waals surface area contributed by atoms with Gasteiger partial charge in [-0.3, -0.25) is 9.78 Å². The highest BCUT2D eigenvalue weighted by atomic mass is 16.1. The first-order valence-electron chi connectivity index (χ1n) is 12.2. The zero-order valence-electron chi connectivity index (χ0n) is 19.5. The Morgan fingerprint density at radius 1 is 0.933 bits per heavy atom. The maximum absolute atomic E-state index is 12.9. The Morgan fingerprint density at radius 3 is 2.50 bits per heavy atom. The average Bonchev–Trinajstić information content (AvgIpc) is 2.79. The van der Waals surface area contributed by atoms with E-state index in [0.717, 1.165) is 42.0 Å². The molecule has 164 valence electrons. The van der Waals surface area contributed by atoms with Crippen molar-refractivity contribution in [1.82, 2.24) is 4.98 Å². The fourth-order valence-corrected chi connectivity index (χ4v) is 3.95. The maximum Gasteiger partial charge on any atom is 0.163 e. The van der Waals surface area contributed by atoms with Gasteiger partial charge in [-0.15, -0.1) is 0 Å². The third-order valence-electron chi connectivity index (χ3n) is 6.19. The van der Waals surface area contributed by atoms with Gasteiger partial charge >= 0.3 is 0 Å². The van der Waals surface area contributed by atoms with Crippen LogP contribution < -0.4 is 0 Å². The molecule has 0 spiro atoms. The highest BCUT2D eigenvalue weighted by Crippen LogP contribution is 2.25. The fraction of sp³-hybridized carbons (Fsp3) is 0.571. The highest BCUT2D eigenvalue weighted by molar-refractivity contribution is 6.01. The number of pyridine rings is 1. The average molecular weight is 408 g/mol. The van der Waals surface area contributed by atoms with Crippen LogP contribution in [0.1, 0.15) is 107 Å². The molecule has 0 N–H and O–H groups in total. The Kier molecular flexibility index (Phi) is 11.4. The normalized spacial score (nSPS) is 12.1. The van der Waals surface area contributed by atoms with Gasteiger partial charge in [0.1, 0.15) is 0 Å². The van der Waals surface area contributed by atoms with E-state index in [1.165, 1.54) is 56.9 Å². The van der Waals surface area contributed by atoms with Crippen molar-refractivity contribution in [3.63, 3.8) is 0 Å². The summed E-state index contributed by atoms with van der Waals surface area (Å²) in [6.45, 7) is 6.79. The monoisotopic (exact) mass is 407 g/mol. The lowest BCUT2D eigenvalue weighted by Crippen LogP contribution is -2.03. The lowest BCUT2D eigenvalue weighted by Gasteiger charge is -2.11. The first kappa shape index (κ1) is 24.3. The first-order chi connectivity index (χ1) is 14.7. The van der Waals surface area contributed by atoms with E-state index in [1.807, 2.05) is 30.5 Å². The molecule has 1 aromatic carbocycles. The zero-order valence-corrected chi connectivity index (χ0v) is 19.5. The molecular formula is C28H41NO. The van der Waals surface area contributed by atoms with E-state index < -0.39 is 0 Å². The van der Waals surface area contributed by atoms with Crippen molar-refractivity contribution in [2.75, 3.05) is 0 Å². The van der Waals surface area contributed by atoms with Gasteiger partial charge in [-0.25, -0.2) is 0 Å². The number of ketones is 1. The van der Waals surface area contributed by atoms with Gasteiger partial charge in [0, 0.05) is 23.7 Å². The second kappa shape index (κ2) is 14.1. The molecule has 0 aliphatic rings. The topological polar surface area (TPSA) is 30.0 Å². The maximum atomic E-state index is 12.9. The molecule has 2 aromatic rings. The summed E-state index contributed by atoms with van der Waals surface area (Å²) in [5, 5.41) is 0. The Hall–Kier alpha value is -1.96. The largest absolute Gasteiger partial charge is 0.294 e. The van der Waals surface area contributed by atoms with Gasteiger partial charge < -0.3 is 0 Å². The SMILES string of the molecule is CCCCCCCCc1ccnc(-c2ccccc2C(=O)CCCCC(C)CC)c1. The smallest absolute Gasteiger partial charge is 0.163 e. The first-order valence-corrected chi connectivity index (χ1v) is 12.2. The van der Waals surface area contributed by atoms with E-state index in [2.05, 4.69) is 37.9 Å². The molecule has 0 bridgehead atoms. The molecule has 1 atom stereocenters. The number of nitrogens with zero attached hydrogens (tertiary/aromatic N) is 1. The summed E-state index contributed by atoms with van der Waals surface area (Å²) in [6, 6.07) is 12.3. The van der Waals surface area contributed by atoms with Crippen molar-refractivity contribution in [3.8, 4) is 11.3 Å². The number of aryl methyl sites for hydroxylation is 1. The summed E-state index contributed by atoms with van der Waals surface area (Å²) >= 11 is 0. The minimum atomic E-state index is 0.248. The molecule has 2 nitrogen and oxygen atoms in total. The second-order valence-electron chi connectivity index (χ2n) is 8.80.